The Balaban J connectivity index is 1.77. The molecule has 0 unspecified atom stereocenters. The number of aryl methyl sites for hydroxylation is 1. The average Bonchev–Trinajstić information content (AvgIpc) is 3.09. The van der Waals surface area contributed by atoms with Gasteiger partial charge in [-0.2, -0.15) is 5.10 Å². The van der Waals surface area contributed by atoms with Gasteiger partial charge in [-0.25, -0.2) is 9.67 Å². The molecule has 0 spiro atoms. The molecule has 25 heavy (non-hydrogen) atoms. The summed E-state index contributed by atoms with van der Waals surface area (Å²) in [5.74, 6) is 0.357. The predicted molar refractivity (Wildman–Crippen MR) is 96.3 cm³/mol. The maximum Gasteiger partial charge on any atom is 0.265 e. The van der Waals surface area contributed by atoms with Crippen LogP contribution in [0, 0.1) is 6.92 Å². The topological polar surface area (TPSA) is 69.0 Å². The highest BCUT2D eigenvalue weighted by Gasteiger charge is 2.17. The summed E-state index contributed by atoms with van der Waals surface area (Å²) in [5, 5.41) is 7.43. The van der Waals surface area contributed by atoms with Gasteiger partial charge in [0.1, 0.15) is 18.4 Å². The molecule has 3 aromatic rings. The Morgan fingerprint density at radius 2 is 2.12 bits per heavy atom. The number of aromatic nitrogens is 3. The molecule has 0 aliphatic rings. The summed E-state index contributed by atoms with van der Waals surface area (Å²) in [5.41, 5.74) is 2.26. The molecule has 1 aromatic heterocycles. The van der Waals surface area contributed by atoms with Crippen molar-refractivity contribution in [3.63, 3.8) is 0 Å². The van der Waals surface area contributed by atoms with E-state index in [-0.39, 0.29) is 5.91 Å². The Hall–Kier alpha value is -2.86. The van der Waals surface area contributed by atoms with Crippen molar-refractivity contribution in [2.24, 2.45) is 0 Å². The zero-order valence-electron chi connectivity index (χ0n) is 13.8. The van der Waals surface area contributed by atoms with Gasteiger partial charge in [-0.15, -0.1) is 0 Å². The number of halogens is 1. The minimum absolute atomic E-state index is 0.287. The lowest BCUT2D eigenvalue weighted by Crippen LogP contribution is -2.30. The van der Waals surface area contributed by atoms with Crippen molar-refractivity contribution in [3.05, 3.63) is 65.7 Å². The molecule has 6 nitrogen and oxygen atoms in total. The van der Waals surface area contributed by atoms with E-state index in [2.05, 4.69) is 15.4 Å². The molecule has 0 radical (unpaired) electrons. The van der Waals surface area contributed by atoms with Crippen molar-refractivity contribution in [2.75, 3.05) is 5.32 Å². The third kappa shape index (κ3) is 4.16. The first kappa shape index (κ1) is 17.0. The maximum absolute atomic E-state index is 12.5. The van der Waals surface area contributed by atoms with Gasteiger partial charge in [0.05, 0.1) is 11.4 Å². The molecule has 1 N–H and O–H groups in total. The van der Waals surface area contributed by atoms with E-state index in [0.717, 1.165) is 5.56 Å². The van der Waals surface area contributed by atoms with Crippen LogP contribution in [0.15, 0.2) is 55.1 Å². The van der Waals surface area contributed by atoms with Crippen LogP contribution in [0.5, 0.6) is 5.75 Å². The van der Waals surface area contributed by atoms with Crippen LogP contribution in [0.3, 0.4) is 0 Å². The summed E-state index contributed by atoms with van der Waals surface area (Å²) in [6.07, 6.45) is 2.29. The number of hydrogen-bond acceptors (Lipinski definition) is 4. The first-order valence-corrected chi connectivity index (χ1v) is 8.09. The molecular weight excluding hydrogens is 340 g/mol. The molecule has 0 aliphatic heterocycles. The van der Waals surface area contributed by atoms with Crippen molar-refractivity contribution in [2.45, 2.75) is 20.0 Å². The van der Waals surface area contributed by atoms with Crippen molar-refractivity contribution in [3.8, 4) is 11.4 Å². The fourth-order valence-corrected chi connectivity index (χ4v) is 2.49. The third-order valence-corrected chi connectivity index (χ3v) is 3.79. The molecule has 1 atom stereocenters. The Morgan fingerprint density at radius 3 is 2.84 bits per heavy atom. The molecule has 0 fully saturated rings. The minimum Gasteiger partial charge on any atom is -0.481 e. The van der Waals surface area contributed by atoms with E-state index in [9.17, 15) is 4.79 Å². The van der Waals surface area contributed by atoms with Gasteiger partial charge in [0, 0.05) is 5.02 Å². The van der Waals surface area contributed by atoms with Gasteiger partial charge in [0.15, 0.2) is 6.10 Å². The molecule has 3 rings (SSSR count). The van der Waals surface area contributed by atoms with Crippen molar-refractivity contribution >= 4 is 23.2 Å². The van der Waals surface area contributed by atoms with Crippen LogP contribution < -0.4 is 10.1 Å². The van der Waals surface area contributed by atoms with Gasteiger partial charge in [0.25, 0.3) is 5.91 Å². The quantitative estimate of drug-likeness (QED) is 0.757. The largest absolute Gasteiger partial charge is 0.481 e. The van der Waals surface area contributed by atoms with E-state index in [1.807, 2.05) is 31.2 Å². The molecule has 0 saturated carbocycles. The smallest absolute Gasteiger partial charge is 0.265 e. The normalized spacial score (nSPS) is 11.8. The van der Waals surface area contributed by atoms with E-state index < -0.39 is 6.10 Å². The van der Waals surface area contributed by atoms with Gasteiger partial charge < -0.3 is 10.1 Å². The molecule has 0 bridgehead atoms. The monoisotopic (exact) mass is 356 g/mol. The van der Waals surface area contributed by atoms with Crippen molar-refractivity contribution in [1.82, 2.24) is 14.8 Å². The number of carbonyl (C=O) groups excluding carboxylic acids is 1. The number of nitrogens with zero attached hydrogens (tertiary/aromatic N) is 3. The van der Waals surface area contributed by atoms with E-state index in [1.165, 1.54) is 6.33 Å². The Labute approximate surface area is 150 Å². The molecule has 1 heterocycles. The zero-order chi connectivity index (χ0) is 17.8. The standard InChI is InChI=1S/C18H17ClN4O2/c1-12-4-3-5-15(8-12)25-13(2)18(24)22-16-9-14(19)6-7-17(16)23-11-20-10-21-23/h3-11,13H,1-2H3,(H,22,24)/t13-/m0/s1. The van der Waals surface area contributed by atoms with E-state index >= 15 is 0 Å². The second-order valence-electron chi connectivity index (χ2n) is 5.57. The van der Waals surface area contributed by atoms with Crippen LogP contribution in [-0.2, 0) is 4.79 Å². The van der Waals surface area contributed by atoms with Crippen LogP contribution in [0.2, 0.25) is 5.02 Å². The number of benzene rings is 2. The summed E-state index contributed by atoms with van der Waals surface area (Å²) in [7, 11) is 0. The second-order valence-corrected chi connectivity index (χ2v) is 6.00. The predicted octanol–water partition coefficient (Wildman–Crippen LogP) is 3.64. The first-order valence-electron chi connectivity index (χ1n) is 7.71. The summed E-state index contributed by atoms with van der Waals surface area (Å²) >= 11 is 6.06. The Kier molecular flexibility index (Phi) is 5.00. The van der Waals surface area contributed by atoms with Gasteiger partial charge >= 0.3 is 0 Å². The van der Waals surface area contributed by atoms with Crippen LogP contribution in [0.4, 0.5) is 5.69 Å². The summed E-state index contributed by atoms with van der Waals surface area (Å²) in [6, 6.07) is 12.7. The average molecular weight is 357 g/mol. The highest BCUT2D eigenvalue weighted by atomic mass is 35.5. The lowest BCUT2D eigenvalue weighted by molar-refractivity contribution is -0.122. The third-order valence-electron chi connectivity index (χ3n) is 3.55. The highest BCUT2D eigenvalue weighted by molar-refractivity contribution is 6.31. The van der Waals surface area contributed by atoms with Gasteiger partial charge in [-0.1, -0.05) is 23.7 Å². The lowest BCUT2D eigenvalue weighted by atomic mass is 10.2. The molecular formula is C18H17ClN4O2. The van der Waals surface area contributed by atoms with Crippen LogP contribution in [0.25, 0.3) is 5.69 Å². The van der Waals surface area contributed by atoms with Crippen LogP contribution in [-0.4, -0.2) is 26.8 Å². The number of nitrogens with one attached hydrogen (secondary N) is 1. The highest BCUT2D eigenvalue weighted by Crippen LogP contribution is 2.24. The summed E-state index contributed by atoms with van der Waals surface area (Å²) in [6.45, 7) is 3.66. The Bertz CT molecular complexity index is 881. The molecule has 0 aliphatic carbocycles. The number of anilines is 1. The zero-order valence-corrected chi connectivity index (χ0v) is 14.6. The van der Waals surface area contributed by atoms with Crippen molar-refractivity contribution in [1.29, 1.82) is 0 Å². The fourth-order valence-electron chi connectivity index (χ4n) is 2.32. The fraction of sp³-hybridized carbons (Fsp3) is 0.167. The van der Waals surface area contributed by atoms with Gasteiger partial charge in [-0.05, 0) is 49.7 Å². The molecule has 1 amide bonds. The molecule has 128 valence electrons. The van der Waals surface area contributed by atoms with Crippen molar-refractivity contribution < 1.29 is 9.53 Å². The van der Waals surface area contributed by atoms with E-state index in [0.29, 0.717) is 22.1 Å². The Morgan fingerprint density at radius 1 is 1.28 bits per heavy atom. The number of ether oxygens (including phenoxy) is 1. The first-order chi connectivity index (χ1) is 12.0. The van der Waals surface area contributed by atoms with E-state index in [4.69, 9.17) is 16.3 Å². The number of rotatable bonds is 5. The van der Waals surface area contributed by atoms with Gasteiger partial charge in [0.2, 0.25) is 0 Å². The van der Waals surface area contributed by atoms with Crippen LogP contribution >= 0.6 is 11.6 Å². The number of carbonyl (C=O) groups is 1. The lowest BCUT2D eigenvalue weighted by Gasteiger charge is -2.17. The maximum atomic E-state index is 12.5. The van der Waals surface area contributed by atoms with Gasteiger partial charge in [-0.3, -0.25) is 4.79 Å². The molecule has 0 saturated heterocycles. The number of amides is 1. The van der Waals surface area contributed by atoms with E-state index in [1.54, 1.807) is 36.1 Å². The second kappa shape index (κ2) is 7.36. The SMILES string of the molecule is Cc1cccc(O[C@@H](C)C(=O)Nc2cc(Cl)ccc2-n2cncn2)c1. The molecule has 2 aromatic carbocycles. The van der Waals surface area contributed by atoms with Crippen LogP contribution in [0.1, 0.15) is 12.5 Å². The molecule has 7 heteroatoms. The number of hydrogen-bond donors (Lipinski definition) is 1. The minimum atomic E-state index is -0.677. The summed E-state index contributed by atoms with van der Waals surface area (Å²) in [4.78, 5) is 16.4. The summed E-state index contributed by atoms with van der Waals surface area (Å²) < 4.78 is 7.26.